The molecule has 0 spiro atoms. The number of sulfonamides is 1. The molecule has 7 heteroatoms. The molecule has 2 aromatic rings. The Morgan fingerprint density at radius 3 is 2.32 bits per heavy atom. The van der Waals surface area contributed by atoms with Gasteiger partial charge in [-0.1, -0.05) is 48.5 Å². The predicted octanol–water partition coefficient (Wildman–Crippen LogP) is 2.61. The second-order valence-corrected chi connectivity index (χ2v) is 8.01. The average molecular weight is 402 g/mol. The molecule has 0 bridgehead atoms. The average Bonchev–Trinajstić information content (AvgIpc) is 2.71. The lowest BCUT2D eigenvalue weighted by molar-refractivity contribution is -0.120. The second-order valence-electron chi connectivity index (χ2n) is 6.36. The summed E-state index contributed by atoms with van der Waals surface area (Å²) in [4.78, 5) is 14.0. The van der Waals surface area contributed by atoms with Gasteiger partial charge in [0.05, 0.1) is 0 Å². The van der Waals surface area contributed by atoms with Crippen LogP contribution in [0, 0.1) is 0 Å². The summed E-state index contributed by atoms with van der Waals surface area (Å²) in [6, 6.07) is 19.2. The lowest BCUT2D eigenvalue weighted by atomic mass is 10.2. The maximum atomic E-state index is 11.9. The van der Waals surface area contributed by atoms with E-state index in [1.807, 2.05) is 67.7 Å². The normalized spacial score (nSPS) is 11.5. The Morgan fingerprint density at radius 2 is 1.64 bits per heavy atom. The summed E-state index contributed by atoms with van der Waals surface area (Å²) < 4.78 is 26.2. The van der Waals surface area contributed by atoms with Crippen LogP contribution in [-0.4, -0.2) is 41.0 Å². The van der Waals surface area contributed by atoms with Gasteiger partial charge >= 0.3 is 0 Å². The maximum absolute atomic E-state index is 11.9. The molecule has 150 valence electrons. The number of hydrogen-bond donors (Lipinski definition) is 2. The molecule has 0 atom stereocenters. The number of carbonyl (C=O) groups excluding carboxylic acids is 1. The van der Waals surface area contributed by atoms with Crippen molar-refractivity contribution in [1.29, 1.82) is 0 Å². The van der Waals surface area contributed by atoms with Crippen LogP contribution in [-0.2, 0) is 14.8 Å². The molecule has 0 unspecified atom stereocenters. The number of anilines is 1. The molecular weight excluding hydrogens is 374 g/mol. The van der Waals surface area contributed by atoms with Gasteiger partial charge in [0, 0.05) is 44.2 Å². The van der Waals surface area contributed by atoms with Gasteiger partial charge in [0.25, 0.3) is 0 Å². The topological polar surface area (TPSA) is 78.5 Å². The molecule has 0 aromatic heterocycles. The third-order valence-corrected chi connectivity index (χ3v) is 5.18. The first-order chi connectivity index (χ1) is 13.5. The van der Waals surface area contributed by atoms with E-state index in [-0.39, 0.29) is 18.9 Å². The van der Waals surface area contributed by atoms with Crippen molar-refractivity contribution in [1.82, 2.24) is 10.0 Å². The number of para-hydroxylation sites is 1. The third kappa shape index (κ3) is 8.37. The molecule has 0 heterocycles. The van der Waals surface area contributed by atoms with Crippen LogP contribution in [0.4, 0.5) is 5.69 Å². The monoisotopic (exact) mass is 401 g/mol. The van der Waals surface area contributed by atoms with Crippen molar-refractivity contribution < 1.29 is 13.2 Å². The van der Waals surface area contributed by atoms with Crippen molar-refractivity contribution in [3.8, 4) is 0 Å². The van der Waals surface area contributed by atoms with Gasteiger partial charge < -0.3 is 10.2 Å². The largest absolute Gasteiger partial charge is 0.375 e. The van der Waals surface area contributed by atoms with E-state index >= 15 is 0 Å². The fraction of sp³-hybridized carbons (Fsp3) is 0.286. The molecule has 28 heavy (non-hydrogen) atoms. The fourth-order valence-corrected chi connectivity index (χ4v) is 3.35. The summed E-state index contributed by atoms with van der Waals surface area (Å²) in [5.74, 6) is -0.169. The van der Waals surface area contributed by atoms with Gasteiger partial charge in [-0.2, -0.15) is 0 Å². The third-order valence-electron chi connectivity index (χ3n) is 4.08. The number of benzene rings is 2. The summed E-state index contributed by atoms with van der Waals surface area (Å²) in [5, 5.41) is 3.93. The Kier molecular flexibility index (Phi) is 8.71. The smallest absolute Gasteiger partial charge is 0.233 e. The molecule has 2 aromatic carbocycles. The van der Waals surface area contributed by atoms with Crippen molar-refractivity contribution in [3.63, 3.8) is 0 Å². The Balaban J connectivity index is 1.61. The number of nitrogens with one attached hydrogen (secondary N) is 2. The molecule has 0 radical (unpaired) electrons. The van der Waals surface area contributed by atoms with Crippen LogP contribution in [0.15, 0.2) is 66.1 Å². The molecule has 0 aliphatic rings. The van der Waals surface area contributed by atoms with Crippen LogP contribution in [0.1, 0.15) is 18.4 Å². The molecule has 0 fully saturated rings. The zero-order valence-corrected chi connectivity index (χ0v) is 16.9. The highest BCUT2D eigenvalue weighted by molar-refractivity contribution is 7.92. The van der Waals surface area contributed by atoms with Crippen LogP contribution in [0.5, 0.6) is 0 Å². The summed E-state index contributed by atoms with van der Waals surface area (Å²) in [6.07, 6.45) is 2.43. The van der Waals surface area contributed by atoms with E-state index in [0.717, 1.165) is 29.6 Å². The van der Waals surface area contributed by atoms with Crippen LogP contribution in [0.25, 0.3) is 6.08 Å². The number of rotatable bonds is 11. The first kappa shape index (κ1) is 21.7. The molecule has 0 aliphatic carbocycles. The molecule has 2 rings (SSSR count). The summed E-state index contributed by atoms with van der Waals surface area (Å²) in [7, 11) is -1.55. The van der Waals surface area contributed by atoms with Gasteiger partial charge in [-0.3, -0.25) is 4.79 Å². The van der Waals surface area contributed by atoms with Crippen LogP contribution < -0.4 is 14.9 Å². The highest BCUT2D eigenvalue weighted by atomic mass is 32.2. The van der Waals surface area contributed by atoms with Crippen LogP contribution >= 0.6 is 0 Å². The van der Waals surface area contributed by atoms with Crippen molar-refractivity contribution in [2.75, 3.05) is 31.6 Å². The Labute approximate surface area is 167 Å². The van der Waals surface area contributed by atoms with Crippen LogP contribution in [0.2, 0.25) is 0 Å². The molecule has 0 saturated carbocycles. The Morgan fingerprint density at radius 1 is 1.00 bits per heavy atom. The summed E-state index contributed by atoms with van der Waals surface area (Å²) >= 11 is 0. The first-order valence-corrected chi connectivity index (χ1v) is 10.8. The van der Waals surface area contributed by atoms with E-state index in [1.165, 1.54) is 6.08 Å². The number of carbonyl (C=O) groups is 1. The van der Waals surface area contributed by atoms with E-state index in [0.29, 0.717) is 6.54 Å². The van der Waals surface area contributed by atoms with Gasteiger partial charge in [-0.05, 0) is 30.2 Å². The lowest BCUT2D eigenvalue weighted by Crippen LogP contribution is -2.31. The number of amides is 1. The van der Waals surface area contributed by atoms with E-state index in [9.17, 15) is 13.2 Å². The zero-order chi connectivity index (χ0) is 20.2. The quantitative estimate of drug-likeness (QED) is 0.568. The molecule has 1 amide bonds. The zero-order valence-electron chi connectivity index (χ0n) is 16.0. The van der Waals surface area contributed by atoms with Gasteiger partial charge in [0.15, 0.2) is 0 Å². The fourth-order valence-electron chi connectivity index (χ4n) is 2.53. The van der Waals surface area contributed by atoms with Crippen LogP contribution in [0.3, 0.4) is 0 Å². The minimum Gasteiger partial charge on any atom is -0.375 e. The van der Waals surface area contributed by atoms with Crippen molar-refractivity contribution in [2.24, 2.45) is 0 Å². The molecule has 2 N–H and O–H groups in total. The maximum Gasteiger partial charge on any atom is 0.233 e. The highest BCUT2D eigenvalue weighted by Gasteiger charge is 2.07. The van der Waals surface area contributed by atoms with E-state index in [1.54, 1.807) is 0 Å². The molecule has 0 saturated heterocycles. The van der Waals surface area contributed by atoms with Gasteiger partial charge in [0.2, 0.25) is 15.9 Å². The van der Waals surface area contributed by atoms with Crippen molar-refractivity contribution in [2.45, 2.75) is 12.8 Å². The number of nitrogens with zero attached hydrogens (tertiary/aromatic N) is 1. The predicted molar refractivity (Wildman–Crippen MR) is 114 cm³/mol. The standard InChI is InChI=1S/C21H27N3O3S/c1-24(20-11-6-3-7-12-20)17-8-15-22-21(25)13-16-23-28(26,27)18-14-19-9-4-2-5-10-19/h2-7,9-12,14,18,23H,8,13,15-17H2,1H3,(H,22,25)/b18-14+. The lowest BCUT2D eigenvalue weighted by Gasteiger charge is -2.19. The Bertz CT molecular complexity index is 853. The van der Waals surface area contributed by atoms with Crippen molar-refractivity contribution >= 4 is 27.7 Å². The first-order valence-electron chi connectivity index (χ1n) is 9.22. The SMILES string of the molecule is CN(CCCNC(=O)CCNS(=O)(=O)/C=C/c1ccccc1)c1ccccc1. The van der Waals surface area contributed by atoms with E-state index in [2.05, 4.69) is 14.9 Å². The molecular formula is C21H27N3O3S. The Hall–Kier alpha value is -2.64. The minimum atomic E-state index is -3.56. The summed E-state index contributed by atoms with van der Waals surface area (Å²) in [6.45, 7) is 1.44. The molecule has 6 nitrogen and oxygen atoms in total. The minimum absolute atomic E-state index is 0.0667. The summed E-state index contributed by atoms with van der Waals surface area (Å²) in [5.41, 5.74) is 1.93. The van der Waals surface area contributed by atoms with Gasteiger partial charge in [-0.15, -0.1) is 0 Å². The van der Waals surface area contributed by atoms with Gasteiger partial charge in [0.1, 0.15) is 0 Å². The number of hydrogen-bond acceptors (Lipinski definition) is 4. The van der Waals surface area contributed by atoms with Gasteiger partial charge in [-0.25, -0.2) is 13.1 Å². The van der Waals surface area contributed by atoms with E-state index < -0.39 is 10.0 Å². The second kappa shape index (κ2) is 11.3. The van der Waals surface area contributed by atoms with Crippen molar-refractivity contribution in [3.05, 3.63) is 71.6 Å². The highest BCUT2D eigenvalue weighted by Crippen LogP contribution is 2.10. The molecule has 0 aliphatic heterocycles. The van der Waals surface area contributed by atoms with E-state index in [4.69, 9.17) is 0 Å².